The summed E-state index contributed by atoms with van der Waals surface area (Å²) in [5.74, 6) is 1.43. The lowest BCUT2D eigenvalue weighted by molar-refractivity contribution is 0.0949. The molecule has 0 fully saturated rings. The summed E-state index contributed by atoms with van der Waals surface area (Å²) in [5.41, 5.74) is 1.34. The van der Waals surface area contributed by atoms with Gasteiger partial charge in [-0.2, -0.15) is 0 Å². The Kier molecular flexibility index (Phi) is 5.25. The first kappa shape index (κ1) is 16.9. The third-order valence-corrected chi connectivity index (χ3v) is 3.63. The van der Waals surface area contributed by atoms with Gasteiger partial charge in [0, 0.05) is 17.6 Å². The highest BCUT2D eigenvalue weighted by molar-refractivity contribution is 6.30. The van der Waals surface area contributed by atoms with E-state index in [1.54, 1.807) is 13.0 Å². The third-order valence-electron chi connectivity index (χ3n) is 3.38. The van der Waals surface area contributed by atoms with Gasteiger partial charge in [-0.25, -0.2) is 9.97 Å². The predicted molar refractivity (Wildman–Crippen MR) is 94.0 cm³/mol. The van der Waals surface area contributed by atoms with Gasteiger partial charge >= 0.3 is 0 Å². The zero-order valence-corrected chi connectivity index (χ0v) is 14.2. The number of hydrogen-bond donors (Lipinski definition) is 2. The molecule has 2 N–H and O–H groups in total. The molecule has 0 saturated carbocycles. The van der Waals surface area contributed by atoms with Crippen LogP contribution in [0, 0.1) is 6.92 Å². The van der Waals surface area contributed by atoms with Crippen LogP contribution in [0.15, 0.2) is 47.2 Å². The number of benzene rings is 1. The summed E-state index contributed by atoms with van der Waals surface area (Å²) in [6.45, 7) is 2.29. The second-order valence-corrected chi connectivity index (χ2v) is 5.80. The normalized spacial score (nSPS) is 10.5. The van der Waals surface area contributed by atoms with Crippen LogP contribution < -0.4 is 10.6 Å². The van der Waals surface area contributed by atoms with Crippen LogP contribution in [0.4, 0.5) is 11.6 Å². The molecule has 8 heteroatoms. The smallest absolute Gasteiger partial charge is 0.271 e. The van der Waals surface area contributed by atoms with Crippen molar-refractivity contribution < 1.29 is 9.32 Å². The third kappa shape index (κ3) is 4.77. The number of nitrogens with one attached hydrogen (secondary N) is 2. The monoisotopic (exact) mass is 357 g/mol. The maximum absolute atomic E-state index is 12.1. The van der Waals surface area contributed by atoms with Crippen molar-refractivity contribution >= 4 is 29.1 Å². The zero-order valence-electron chi connectivity index (χ0n) is 13.5. The van der Waals surface area contributed by atoms with Crippen molar-refractivity contribution in [1.29, 1.82) is 0 Å². The highest BCUT2D eigenvalue weighted by Crippen LogP contribution is 2.13. The fourth-order valence-corrected chi connectivity index (χ4v) is 2.25. The molecule has 0 aliphatic carbocycles. The molecule has 128 valence electrons. The Balaban J connectivity index is 1.51. The molecule has 2 heterocycles. The van der Waals surface area contributed by atoms with Crippen LogP contribution in [-0.2, 0) is 6.42 Å². The first-order valence-corrected chi connectivity index (χ1v) is 8.03. The molecule has 2 aromatic heterocycles. The summed E-state index contributed by atoms with van der Waals surface area (Å²) in [6.07, 6.45) is 3.59. The van der Waals surface area contributed by atoms with Crippen molar-refractivity contribution in [3.8, 4) is 0 Å². The minimum absolute atomic E-state index is 0.248. The molecule has 0 spiro atoms. The average Bonchev–Trinajstić information content (AvgIpc) is 3.02. The Labute approximate surface area is 149 Å². The van der Waals surface area contributed by atoms with Gasteiger partial charge in [-0.3, -0.25) is 4.79 Å². The first-order chi connectivity index (χ1) is 12.1. The van der Waals surface area contributed by atoms with Crippen LogP contribution in [0.2, 0.25) is 5.02 Å². The van der Waals surface area contributed by atoms with E-state index in [0.717, 1.165) is 5.56 Å². The summed E-state index contributed by atoms with van der Waals surface area (Å²) >= 11 is 5.84. The highest BCUT2D eigenvalue weighted by Gasteiger charge is 2.08. The Bertz CT molecular complexity index is 846. The van der Waals surface area contributed by atoms with Gasteiger partial charge in [0.25, 0.3) is 5.91 Å². The zero-order chi connectivity index (χ0) is 17.6. The van der Waals surface area contributed by atoms with Gasteiger partial charge in [-0.05, 0) is 31.0 Å². The number of aryl methyl sites for hydroxylation is 1. The Morgan fingerprint density at radius 3 is 2.60 bits per heavy atom. The Hall–Kier alpha value is -2.93. The summed E-state index contributed by atoms with van der Waals surface area (Å²) in [7, 11) is 0. The molecule has 3 rings (SSSR count). The van der Waals surface area contributed by atoms with Gasteiger partial charge in [-0.15, -0.1) is 0 Å². The molecule has 1 amide bonds. The average molecular weight is 358 g/mol. The summed E-state index contributed by atoms with van der Waals surface area (Å²) < 4.78 is 4.95. The number of anilines is 2. The molecular weight excluding hydrogens is 342 g/mol. The lowest BCUT2D eigenvalue weighted by Crippen LogP contribution is -2.26. The molecule has 7 nitrogen and oxygen atoms in total. The van der Waals surface area contributed by atoms with E-state index in [1.165, 1.54) is 12.4 Å². The van der Waals surface area contributed by atoms with Gasteiger partial charge in [0.05, 0.1) is 12.4 Å². The summed E-state index contributed by atoms with van der Waals surface area (Å²) in [4.78, 5) is 20.3. The number of aromatic nitrogens is 3. The predicted octanol–water partition coefficient (Wildman–Crippen LogP) is 3.14. The van der Waals surface area contributed by atoms with E-state index in [-0.39, 0.29) is 11.6 Å². The van der Waals surface area contributed by atoms with Gasteiger partial charge < -0.3 is 15.2 Å². The van der Waals surface area contributed by atoms with E-state index in [0.29, 0.717) is 35.4 Å². The Morgan fingerprint density at radius 1 is 1.16 bits per heavy atom. The summed E-state index contributed by atoms with van der Waals surface area (Å²) in [6, 6.07) is 9.25. The Morgan fingerprint density at radius 2 is 1.96 bits per heavy atom. The molecule has 0 aliphatic rings. The van der Waals surface area contributed by atoms with E-state index < -0.39 is 0 Å². The first-order valence-electron chi connectivity index (χ1n) is 7.65. The van der Waals surface area contributed by atoms with E-state index in [2.05, 4.69) is 25.8 Å². The quantitative estimate of drug-likeness (QED) is 0.704. The van der Waals surface area contributed by atoms with Gasteiger partial charge in [-0.1, -0.05) is 28.9 Å². The number of amides is 1. The van der Waals surface area contributed by atoms with Gasteiger partial charge in [0.1, 0.15) is 17.3 Å². The standard InChI is InChI=1S/C17H16ClN5O2/c1-11-8-15(23-25-11)22-16-10-20-14(9-21-16)17(24)19-7-6-12-2-4-13(18)5-3-12/h2-5,8-10H,6-7H2,1H3,(H,19,24)(H,21,22,23). The van der Waals surface area contributed by atoms with Crippen molar-refractivity contribution in [2.45, 2.75) is 13.3 Å². The van der Waals surface area contributed by atoms with Crippen LogP contribution >= 0.6 is 11.6 Å². The van der Waals surface area contributed by atoms with Crippen LogP contribution in [0.1, 0.15) is 21.8 Å². The molecule has 1 aromatic carbocycles. The number of halogens is 1. The molecule has 0 aliphatic heterocycles. The van der Waals surface area contributed by atoms with Crippen molar-refractivity contribution in [1.82, 2.24) is 20.4 Å². The maximum Gasteiger partial charge on any atom is 0.271 e. The van der Waals surface area contributed by atoms with Crippen LogP contribution in [0.3, 0.4) is 0 Å². The van der Waals surface area contributed by atoms with Crippen LogP contribution in [0.25, 0.3) is 0 Å². The molecule has 0 bridgehead atoms. The van der Waals surface area contributed by atoms with E-state index in [9.17, 15) is 4.79 Å². The molecular formula is C17H16ClN5O2. The minimum atomic E-state index is -0.273. The molecule has 0 unspecified atom stereocenters. The molecule has 25 heavy (non-hydrogen) atoms. The van der Waals surface area contributed by atoms with Crippen molar-refractivity contribution in [2.24, 2.45) is 0 Å². The number of nitrogens with zero attached hydrogens (tertiary/aromatic N) is 3. The van der Waals surface area contributed by atoms with Crippen LogP contribution in [-0.4, -0.2) is 27.6 Å². The van der Waals surface area contributed by atoms with Crippen molar-refractivity contribution in [2.75, 3.05) is 11.9 Å². The minimum Gasteiger partial charge on any atom is -0.360 e. The van der Waals surface area contributed by atoms with Gasteiger partial charge in [0.2, 0.25) is 0 Å². The highest BCUT2D eigenvalue weighted by atomic mass is 35.5. The number of rotatable bonds is 6. The fourth-order valence-electron chi connectivity index (χ4n) is 2.13. The number of hydrogen-bond acceptors (Lipinski definition) is 6. The van der Waals surface area contributed by atoms with Crippen molar-refractivity contribution in [3.05, 3.63) is 64.8 Å². The molecule has 0 saturated heterocycles. The number of carbonyl (C=O) groups excluding carboxylic acids is 1. The van der Waals surface area contributed by atoms with Crippen molar-refractivity contribution in [3.63, 3.8) is 0 Å². The molecule has 0 radical (unpaired) electrons. The van der Waals surface area contributed by atoms with Crippen LogP contribution in [0.5, 0.6) is 0 Å². The van der Waals surface area contributed by atoms with E-state index in [4.69, 9.17) is 16.1 Å². The number of carbonyl (C=O) groups is 1. The molecule has 0 atom stereocenters. The fraction of sp³-hybridized carbons (Fsp3) is 0.176. The lowest BCUT2D eigenvalue weighted by atomic mass is 10.1. The van der Waals surface area contributed by atoms with E-state index in [1.807, 2.05) is 24.3 Å². The molecule has 3 aromatic rings. The van der Waals surface area contributed by atoms with E-state index >= 15 is 0 Å². The topological polar surface area (TPSA) is 92.9 Å². The second-order valence-electron chi connectivity index (χ2n) is 5.37. The summed E-state index contributed by atoms with van der Waals surface area (Å²) in [5, 5.41) is 10.2. The largest absolute Gasteiger partial charge is 0.360 e. The van der Waals surface area contributed by atoms with Gasteiger partial charge in [0.15, 0.2) is 5.82 Å². The second kappa shape index (κ2) is 7.76. The lowest BCUT2D eigenvalue weighted by Gasteiger charge is -2.06. The maximum atomic E-state index is 12.1. The SMILES string of the molecule is Cc1cc(Nc2cnc(C(=O)NCCc3ccc(Cl)cc3)cn2)no1.